The number of hydrogen-bond acceptors (Lipinski definition) is 7. The molecule has 9 nitrogen and oxygen atoms in total. The number of nitrogens with one attached hydrogen (secondary N) is 1. The van der Waals surface area contributed by atoms with Crippen LogP contribution in [0, 0.1) is 0 Å². The molecule has 0 spiro atoms. The Hall–Kier alpha value is -4.35. The quantitative estimate of drug-likeness (QED) is 0.145. The lowest BCUT2D eigenvalue weighted by molar-refractivity contribution is -0.119. The molecule has 1 N–H and O–H groups in total. The van der Waals surface area contributed by atoms with Crippen molar-refractivity contribution in [2.75, 3.05) is 24.6 Å². The van der Waals surface area contributed by atoms with Crippen molar-refractivity contribution in [3.05, 3.63) is 113 Å². The Morgan fingerprint density at radius 2 is 1.60 bits per heavy atom. The second-order valence-electron chi connectivity index (χ2n) is 8.83. The van der Waals surface area contributed by atoms with Crippen molar-refractivity contribution in [3.63, 3.8) is 0 Å². The molecule has 0 saturated heterocycles. The van der Waals surface area contributed by atoms with E-state index in [1.165, 1.54) is 25.5 Å². The average Bonchev–Trinajstić information content (AvgIpc) is 3.00. The van der Waals surface area contributed by atoms with Crippen molar-refractivity contribution in [1.82, 2.24) is 5.43 Å². The number of hydrogen-bond donors (Lipinski definition) is 1. The van der Waals surface area contributed by atoms with Crippen LogP contribution in [0.1, 0.15) is 18.1 Å². The maximum absolute atomic E-state index is 13.6. The third kappa shape index (κ3) is 7.68. The fourth-order valence-electron chi connectivity index (χ4n) is 3.99. The smallest absolute Gasteiger partial charge is 0.264 e. The molecule has 1 amide bonds. The standard InChI is InChI=1S/C31H30BrN3O6S/c1-3-40-28-17-11-10-16-27(28)35(42(37,38)25-14-8-5-9-15-25)21-30(36)34-33-20-24-18-26(32)31(29(19-24)39-2)41-22-23-12-6-4-7-13-23/h4-20H,3,21-22H2,1-2H3,(H,34,36)/b33-20-. The molecule has 0 aliphatic heterocycles. The van der Waals surface area contributed by atoms with Gasteiger partial charge < -0.3 is 14.2 Å². The van der Waals surface area contributed by atoms with Crippen LogP contribution in [-0.2, 0) is 21.4 Å². The number of methoxy groups -OCH3 is 1. The van der Waals surface area contributed by atoms with E-state index in [1.54, 1.807) is 61.5 Å². The number of nitrogens with zero attached hydrogens (tertiary/aromatic N) is 2. The molecule has 0 radical (unpaired) electrons. The fraction of sp³-hybridized carbons (Fsp3) is 0.161. The Labute approximate surface area is 253 Å². The minimum absolute atomic E-state index is 0.0409. The summed E-state index contributed by atoms with van der Waals surface area (Å²) in [5.74, 6) is 0.686. The zero-order valence-electron chi connectivity index (χ0n) is 23.1. The molecule has 4 aromatic carbocycles. The molecule has 0 saturated carbocycles. The van der Waals surface area contributed by atoms with Gasteiger partial charge in [-0.05, 0) is 70.4 Å². The second kappa shape index (κ2) is 14.5. The van der Waals surface area contributed by atoms with E-state index < -0.39 is 22.5 Å². The summed E-state index contributed by atoms with van der Waals surface area (Å²) in [5.41, 5.74) is 4.28. The molecule has 0 atom stereocenters. The molecule has 0 bridgehead atoms. The van der Waals surface area contributed by atoms with Gasteiger partial charge in [-0.3, -0.25) is 9.10 Å². The van der Waals surface area contributed by atoms with Gasteiger partial charge in [0.05, 0.1) is 35.0 Å². The Kier molecular flexibility index (Phi) is 10.6. The molecule has 11 heteroatoms. The number of sulfonamides is 1. The van der Waals surface area contributed by atoms with Gasteiger partial charge in [0.1, 0.15) is 18.9 Å². The number of para-hydroxylation sites is 2. The maximum Gasteiger partial charge on any atom is 0.264 e. The highest BCUT2D eigenvalue weighted by Gasteiger charge is 2.29. The largest absolute Gasteiger partial charge is 0.493 e. The molecule has 0 fully saturated rings. The van der Waals surface area contributed by atoms with Crippen LogP contribution in [0.25, 0.3) is 0 Å². The summed E-state index contributed by atoms with van der Waals surface area (Å²) >= 11 is 3.52. The molecule has 0 heterocycles. The minimum atomic E-state index is -4.11. The van der Waals surface area contributed by atoms with Crippen molar-refractivity contribution < 1.29 is 27.4 Å². The van der Waals surface area contributed by atoms with E-state index in [-0.39, 0.29) is 10.6 Å². The predicted octanol–water partition coefficient (Wildman–Crippen LogP) is 5.78. The van der Waals surface area contributed by atoms with Crippen molar-refractivity contribution in [1.29, 1.82) is 0 Å². The number of halogens is 1. The Balaban J connectivity index is 1.51. The normalized spacial score (nSPS) is 11.2. The lowest BCUT2D eigenvalue weighted by Crippen LogP contribution is -2.39. The number of amides is 1. The van der Waals surface area contributed by atoms with Crippen LogP contribution in [-0.4, -0.2) is 40.8 Å². The second-order valence-corrected chi connectivity index (χ2v) is 11.5. The monoisotopic (exact) mass is 651 g/mol. The van der Waals surface area contributed by atoms with Crippen molar-refractivity contribution in [2.24, 2.45) is 5.10 Å². The number of anilines is 1. The van der Waals surface area contributed by atoms with Gasteiger partial charge in [0, 0.05) is 0 Å². The van der Waals surface area contributed by atoms with E-state index in [1.807, 2.05) is 30.3 Å². The van der Waals surface area contributed by atoms with Gasteiger partial charge in [0.25, 0.3) is 15.9 Å². The average molecular weight is 653 g/mol. The highest BCUT2D eigenvalue weighted by molar-refractivity contribution is 9.10. The zero-order chi connectivity index (χ0) is 30.0. The first-order chi connectivity index (χ1) is 20.3. The zero-order valence-corrected chi connectivity index (χ0v) is 25.5. The number of hydrazone groups is 1. The van der Waals surface area contributed by atoms with Gasteiger partial charge in [0.2, 0.25) is 0 Å². The van der Waals surface area contributed by atoms with Crippen molar-refractivity contribution >= 4 is 43.8 Å². The predicted molar refractivity (Wildman–Crippen MR) is 166 cm³/mol. The van der Waals surface area contributed by atoms with Crippen LogP contribution >= 0.6 is 15.9 Å². The van der Waals surface area contributed by atoms with E-state index in [0.717, 1.165) is 9.87 Å². The van der Waals surface area contributed by atoms with Gasteiger partial charge in [-0.25, -0.2) is 13.8 Å². The van der Waals surface area contributed by atoms with Gasteiger partial charge in [-0.2, -0.15) is 5.10 Å². The number of carbonyl (C=O) groups excluding carboxylic acids is 1. The van der Waals surface area contributed by atoms with Crippen LogP contribution < -0.4 is 23.9 Å². The molecule has 4 rings (SSSR count). The van der Waals surface area contributed by atoms with Gasteiger partial charge in [0.15, 0.2) is 11.5 Å². The number of benzene rings is 4. The topological polar surface area (TPSA) is 107 Å². The Morgan fingerprint density at radius 3 is 2.29 bits per heavy atom. The summed E-state index contributed by atoms with van der Waals surface area (Å²) in [6.45, 7) is 1.94. The van der Waals surface area contributed by atoms with Gasteiger partial charge in [-0.15, -0.1) is 0 Å². The van der Waals surface area contributed by atoms with Gasteiger partial charge >= 0.3 is 0 Å². The van der Waals surface area contributed by atoms with Crippen LogP contribution in [0.2, 0.25) is 0 Å². The van der Waals surface area contributed by atoms with Crippen molar-refractivity contribution in [2.45, 2.75) is 18.4 Å². The molecular weight excluding hydrogens is 622 g/mol. The van der Waals surface area contributed by atoms with Crippen LogP contribution in [0.4, 0.5) is 5.69 Å². The molecule has 4 aromatic rings. The van der Waals surface area contributed by atoms with E-state index >= 15 is 0 Å². The third-order valence-electron chi connectivity index (χ3n) is 5.93. The van der Waals surface area contributed by atoms with Crippen LogP contribution in [0.5, 0.6) is 17.2 Å². The van der Waals surface area contributed by atoms with Crippen LogP contribution in [0.3, 0.4) is 0 Å². The number of carbonyl (C=O) groups is 1. The van der Waals surface area contributed by atoms with Gasteiger partial charge in [-0.1, -0.05) is 60.7 Å². The lowest BCUT2D eigenvalue weighted by atomic mass is 10.2. The summed E-state index contributed by atoms with van der Waals surface area (Å²) < 4.78 is 46.0. The molecule has 0 aliphatic carbocycles. The number of rotatable bonds is 13. The summed E-state index contributed by atoms with van der Waals surface area (Å²) in [6, 6.07) is 27.8. The number of ether oxygens (including phenoxy) is 3. The van der Waals surface area contributed by atoms with E-state index in [0.29, 0.717) is 40.5 Å². The third-order valence-corrected chi connectivity index (χ3v) is 8.30. The first-order valence-corrected chi connectivity index (χ1v) is 15.2. The first kappa shape index (κ1) is 30.6. The molecule has 0 aromatic heterocycles. The molecule has 218 valence electrons. The Morgan fingerprint density at radius 1 is 0.929 bits per heavy atom. The first-order valence-electron chi connectivity index (χ1n) is 13.0. The minimum Gasteiger partial charge on any atom is -0.493 e. The molecule has 42 heavy (non-hydrogen) atoms. The lowest BCUT2D eigenvalue weighted by Gasteiger charge is -2.25. The summed E-state index contributed by atoms with van der Waals surface area (Å²) in [6.07, 6.45) is 1.43. The molecule has 0 unspecified atom stereocenters. The highest BCUT2D eigenvalue weighted by atomic mass is 79.9. The summed E-state index contributed by atoms with van der Waals surface area (Å²) in [7, 11) is -2.58. The molecular formula is C31H30BrN3O6S. The highest BCUT2D eigenvalue weighted by Crippen LogP contribution is 2.37. The Bertz CT molecular complexity index is 1630. The summed E-state index contributed by atoms with van der Waals surface area (Å²) in [4.78, 5) is 13.0. The van der Waals surface area contributed by atoms with E-state index in [9.17, 15) is 13.2 Å². The van der Waals surface area contributed by atoms with E-state index in [4.69, 9.17) is 14.2 Å². The summed E-state index contributed by atoms with van der Waals surface area (Å²) in [5, 5.41) is 4.05. The molecule has 0 aliphatic rings. The fourth-order valence-corrected chi connectivity index (χ4v) is 6.02. The van der Waals surface area contributed by atoms with E-state index in [2.05, 4.69) is 26.5 Å². The van der Waals surface area contributed by atoms with Crippen molar-refractivity contribution in [3.8, 4) is 17.2 Å². The maximum atomic E-state index is 13.6. The SMILES string of the molecule is CCOc1ccccc1N(CC(=O)N/N=C\c1cc(Br)c(OCc2ccccc2)c(OC)c1)S(=O)(=O)c1ccccc1. The van der Waals surface area contributed by atoms with Crippen LogP contribution in [0.15, 0.2) is 112 Å².